The second kappa shape index (κ2) is 11.8. The molecule has 1 aliphatic heterocycles. The second-order valence-corrected chi connectivity index (χ2v) is 7.28. The topological polar surface area (TPSA) is 49.6 Å². The van der Waals surface area contributed by atoms with Crippen molar-refractivity contribution >= 4 is 30.7 Å². The number of carbonyl (C=O) groups excluding carboxylic acids is 1. The molecule has 1 aliphatic carbocycles. The predicted octanol–water partition coefficient (Wildman–Crippen LogP) is 3.79. The number of rotatable bonds is 4. The van der Waals surface area contributed by atoms with Gasteiger partial charge in [-0.05, 0) is 24.8 Å². The zero-order valence-electron chi connectivity index (χ0n) is 15.5. The molecule has 6 heteroatoms. The van der Waals surface area contributed by atoms with Crippen LogP contribution in [0.2, 0.25) is 0 Å². The zero-order chi connectivity index (χ0) is 16.8. The minimum atomic E-state index is -0.198. The van der Waals surface area contributed by atoms with E-state index in [1.807, 2.05) is 35.2 Å². The Morgan fingerprint density at radius 3 is 2.35 bits per heavy atom. The summed E-state index contributed by atoms with van der Waals surface area (Å²) in [6.45, 7) is 3.90. The van der Waals surface area contributed by atoms with Crippen molar-refractivity contribution in [3.63, 3.8) is 0 Å². The smallest absolute Gasteiger partial charge is 0.224 e. The number of hydrogen-bond donors (Lipinski definition) is 1. The van der Waals surface area contributed by atoms with Gasteiger partial charge in [0.1, 0.15) is 0 Å². The van der Waals surface area contributed by atoms with Crippen molar-refractivity contribution in [1.29, 1.82) is 0 Å². The summed E-state index contributed by atoms with van der Waals surface area (Å²) in [7, 11) is 0. The minimum Gasteiger partial charge on any atom is -0.341 e. The molecule has 1 aromatic carbocycles. The molecule has 148 valence electrons. The van der Waals surface area contributed by atoms with Crippen LogP contribution >= 0.6 is 24.8 Å². The van der Waals surface area contributed by atoms with Crippen molar-refractivity contribution in [3.05, 3.63) is 35.9 Å². The van der Waals surface area contributed by atoms with E-state index >= 15 is 0 Å². The van der Waals surface area contributed by atoms with E-state index < -0.39 is 0 Å². The van der Waals surface area contributed by atoms with Gasteiger partial charge < -0.3 is 10.6 Å². The summed E-state index contributed by atoms with van der Waals surface area (Å²) in [5, 5.41) is 0. The lowest BCUT2D eigenvalue weighted by atomic mass is 9.94. The molecule has 1 saturated carbocycles. The van der Waals surface area contributed by atoms with E-state index in [1.165, 1.54) is 32.1 Å². The number of carbonyl (C=O) groups is 1. The molecule has 0 spiro atoms. The van der Waals surface area contributed by atoms with Gasteiger partial charge in [0.05, 0.1) is 0 Å². The summed E-state index contributed by atoms with van der Waals surface area (Å²) in [4.78, 5) is 17.3. The first-order chi connectivity index (χ1) is 11.7. The lowest BCUT2D eigenvalue weighted by Gasteiger charge is -2.33. The van der Waals surface area contributed by atoms with E-state index in [0.717, 1.165) is 44.2 Å². The number of nitrogens with two attached hydrogens (primary N) is 1. The quantitative estimate of drug-likeness (QED) is 0.834. The summed E-state index contributed by atoms with van der Waals surface area (Å²) < 4.78 is 0. The Morgan fingerprint density at radius 2 is 1.65 bits per heavy atom. The molecule has 1 atom stereocenters. The summed E-state index contributed by atoms with van der Waals surface area (Å²) in [5.41, 5.74) is 7.27. The van der Waals surface area contributed by atoms with Crippen LogP contribution in [0.1, 0.15) is 56.6 Å². The normalized spacial score (nSPS) is 20.4. The van der Waals surface area contributed by atoms with Gasteiger partial charge in [-0.3, -0.25) is 9.69 Å². The molecule has 26 heavy (non-hydrogen) atoms. The lowest BCUT2D eigenvalue weighted by molar-refractivity contribution is -0.131. The molecular weight excluding hydrogens is 369 g/mol. The Kier molecular flexibility index (Phi) is 10.6. The van der Waals surface area contributed by atoms with Gasteiger partial charge in [0, 0.05) is 44.7 Å². The molecule has 3 rings (SSSR count). The van der Waals surface area contributed by atoms with Crippen molar-refractivity contribution in [1.82, 2.24) is 9.80 Å². The highest BCUT2D eigenvalue weighted by Gasteiger charge is 2.25. The Labute approximate surface area is 170 Å². The Morgan fingerprint density at radius 1 is 0.962 bits per heavy atom. The second-order valence-electron chi connectivity index (χ2n) is 7.28. The highest BCUT2D eigenvalue weighted by atomic mass is 35.5. The van der Waals surface area contributed by atoms with Crippen molar-refractivity contribution in [3.8, 4) is 0 Å². The van der Waals surface area contributed by atoms with E-state index in [9.17, 15) is 4.79 Å². The molecular formula is C20H33Cl2N3O. The van der Waals surface area contributed by atoms with Crippen molar-refractivity contribution < 1.29 is 4.79 Å². The SMILES string of the molecule is Cl.Cl.NC(CC(=O)N1CCCN(C2CCCCC2)CC1)c1ccccc1. The lowest BCUT2D eigenvalue weighted by Crippen LogP contribution is -2.40. The molecule has 0 aromatic heterocycles. The first kappa shape index (κ1) is 23.2. The van der Waals surface area contributed by atoms with E-state index in [0.29, 0.717) is 6.42 Å². The van der Waals surface area contributed by atoms with Crippen molar-refractivity contribution in [2.24, 2.45) is 5.73 Å². The number of nitrogens with zero attached hydrogens (tertiary/aromatic N) is 2. The first-order valence-corrected chi connectivity index (χ1v) is 9.56. The van der Waals surface area contributed by atoms with Crippen LogP contribution in [-0.2, 0) is 4.79 Å². The van der Waals surface area contributed by atoms with E-state index in [-0.39, 0.29) is 36.8 Å². The minimum absolute atomic E-state index is 0. The highest BCUT2D eigenvalue weighted by molar-refractivity contribution is 5.85. The molecule has 1 amide bonds. The predicted molar refractivity (Wildman–Crippen MR) is 112 cm³/mol. The number of amides is 1. The monoisotopic (exact) mass is 401 g/mol. The van der Waals surface area contributed by atoms with Crippen molar-refractivity contribution in [2.75, 3.05) is 26.2 Å². The van der Waals surface area contributed by atoms with Crippen LogP contribution in [0.5, 0.6) is 0 Å². The summed E-state index contributed by atoms with van der Waals surface area (Å²) >= 11 is 0. The number of benzene rings is 1. The summed E-state index contributed by atoms with van der Waals surface area (Å²) in [6.07, 6.45) is 8.31. The molecule has 1 unspecified atom stereocenters. The Bertz CT molecular complexity index is 523. The molecule has 1 saturated heterocycles. The van der Waals surface area contributed by atoms with Crippen LogP contribution in [0.4, 0.5) is 0 Å². The molecule has 2 fully saturated rings. The first-order valence-electron chi connectivity index (χ1n) is 9.56. The van der Waals surface area contributed by atoms with Gasteiger partial charge in [-0.1, -0.05) is 49.6 Å². The molecule has 0 radical (unpaired) electrons. The average molecular weight is 402 g/mol. The van der Waals surface area contributed by atoms with Gasteiger partial charge >= 0.3 is 0 Å². The average Bonchev–Trinajstić information content (AvgIpc) is 2.89. The van der Waals surface area contributed by atoms with Crippen LogP contribution in [-0.4, -0.2) is 47.9 Å². The fourth-order valence-electron chi connectivity index (χ4n) is 4.13. The van der Waals surface area contributed by atoms with Crippen LogP contribution in [0.3, 0.4) is 0 Å². The fourth-order valence-corrected chi connectivity index (χ4v) is 4.13. The molecule has 4 nitrogen and oxygen atoms in total. The maximum Gasteiger partial charge on any atom is 0.224 e. The molecule has 2 N–H and O–H groups in total. The third kappa shape index (κ3) is 6.41. The third-order valence-electron chi connectivity index (χ3n) is 5.60. The van der Waals surface area contributed by atoms with Crippen LogP contribution in [0.15, 0.2) is 30.3 Å². The van der Waals surface area contributed by atoms with Gasteiger partial charge in [-0.2, -0.15) is 0 Å². The zero-order valence-corrected chi connectivity index (χ0v) is 17.1. The van der Waals surface area contributed by atoms with E-state index in [4.69, 9.17) is 5.73 Å². The van der Waals surface area contributed by atoms with Gasteiger partial charge in [-0.15, -0.1) is 24.8 Å². The molecule has 0 bridgehead atoms. The van der Waals surface area contributed by atoms with Gasteiger partial charge in [0.15, 0.2) is 0 Å². The third-order valence-corrected chi connectivity index (χ3v) is 5.60. The van der Waals surface area contributed by atoms with Crippen LogP contribution < -0.4 is 5.73 Å². The van der Waals surface area contributed by atoms with E-state index in [1.54, 1.807) is 0 Å². The van der Waals surface area contributed by atoms with E-state index in [2.05, 4.69) is 4.90 Å². The van der Waals surface area contributed by atoms with Gasteiger partial charge in [-0.25, -0.2) is 0 Å². The van der Waals surface area contributed by atoms with Gasteiger partial charge in [0.2, 0.25) is 5.91 Å². The summed E-state index contributed by atoms with van der Waals surface area (Å²) in [6, 6.07) is 10.5. The van der Waals surface area contributed by atoms with Gasteiger partial charge in [0.25, 0.3) is 0 Å². The largest absolute Gasteiger partial charge is 0.341 e. The van der Waals surface area contributed by atoms with Crippen molar-refractivity contribution in [2.45, 2.75) is 57.0 Å². The fraction of sp³-hybridized carbons (Fsp3) is 0.650. The van der Waals surface area contributed by atoms with Crippen LogP contribution in [0.25, 0.3) is 0 Å². The Balaban J connectivity index is 0.00000169. The summed E-state index contributed by atoms with van der Waals surface area (Å²) in [5.74, 6) is 0.205. The number of halogens is 2. The maximum atomic E-state index is 12.6. The molecule has 1 aromatic rings. The standard InChI is InChI=1S/C20H31N3O.2ClH/c21-19(17-8-3-1-4-9-17)16-20(24)23-13-7-12-22(14-15-23)18-10-5-2-6-11-18;;/h1,3-4,8-9,18-19H,2,5-7,10-16,21H2;2*1H. The Hall–Kier alpha value is -0.810. The maximum absolute atomic E-state index is 12.6. The highest BCUT2D eigenvalue weighted by Crippen LogP contribution is 2.24. The molecule has 1 heterocycles. The molecule has 2 aliphatic rings. The number of hydrogen-bond acceptors (Lipinski definition) is 3. The van der Waals surface area contributed by atoms with Crippen LogP contribution in [0, 0.1) is 0 Å².